The van der Waals surface area contributed by atoms with Gasteiger partial charge in [0, 0.05) is 29.6 Å². The van der Waals surface area contributed by atoms with Gasteiger partial charge in [0.1, 0.15) is 5.76 Å². The molecule has 0 spiro atoms. The summed E-state index contributed by atoms with van der Waals surface area (Å²) in [5.74, 6) is 1.41. The lowest BCUT2D eigenvalue weighted by Gasteiger charge is -2.38. The van der Waals surface area contributed by atoms with E-state index in [2.05, 4.69) is 4.98 Å². The van der Waals surface area contributed by atoms with Crippen molar-refractivity contribution in [2.75, 3.05) is 6.54 Å². The molecule has 3 heterocycles. The zero-order chi connectivity index (χ0) is 16.4. The Morgan fingerprint density at radius 1 is 1.57 bits per heavy atom. The lowest BCUT2D eigenvalue weighted by atomic mass is 9.96. The summed E-state index contributed by atoms with van der Waals surface area (Å²) in [6, 6.07) is 2.11. The van der Waals surface area contributed by atoms with Crippen molar-refractivity contribution in [3.8, 4) is 11.5 Å². The maximum absolute atomic E-state index is 12.7. The molecule has 2 atom stereocenters. The first-order chi connectivity index (χ1) is 11.1. The van der Waals surface area contributed by atoms with Gasteiger partial charge < -0.3 is 15.1 Å². The van der Waals surface area contributed by atoms with Crippen LogP contribution < -0.4 is 5.73 Å². The lowest BCUT2D eigenvalue weighted by molar-refractivity contribution is -0.134. The first-order valence-electron chi connectivity index (χ1n) is 8.10. The number of carbonyl (C=O) groups excluding carboxylic acids is 1. The van der Waals surface area contributed by atoms with E-state index in [-0.39, 0.29) is 24.4 Å². The van der Waals surface area contributed by atoms with E-state index in [9.17, 15) is 4.79 Å². The molecular formula is C17H23N3O2S. The number of hydrogen-bond donors (Lipinski definition) is 1. The summed E-state index contributed by atoms with van der Waals surface area (Å²) in [7, 11) is 0. The Morgan fingerprint density at radius 2 is 2.39 bits per heavy atom. The molecule has 1 aliphatic heterocycles. The molecule has 2 unspecified atom stereocenters. The molecule has 0 saturated carbocycles. The molecule has 2 aromatic heterocycles. The first kappa shape index (κ1) is 16.2. The number of thiophene rings is 1. The highest BCUT2D eigenvalue weighted by molar-refractivity contribution is 7.08. The van der Waals surface area contributed by atoms with Crippen molar-refractivity contribution in [3.05, 3.63) is 28.3 Å². The van der Waals surface area contributed by atoms with Gasteiger partial charge in [-0.3, -0.25) is 4.79 Å². The van der Waals surface area contributed by atoms with Crippen LogP contribution in [0.5, 0.6) is 0 Å². The van der Waals surface area contributed by atoms with Crippen molar-refractivity contribution >= 4 is 17.2 Å². The second-order valence-corrected chi connectivity index (χ2v) is 7.00. The Labute approximate surface area is 140 Å². The van der Waals surface area contributed by atoms with Crippen LogP contribution in [0.1, 0.15) is 37.6 Å². The number of likely N-dealkylation sites (tertiary alicyclic amines) is 1. The van der Waals surface area contributed by atoms with Crippen LogP contribution in [-0.2, 0) is 11.2 Å². The highest BCUT2D eigenvalue weighted by Gasteiger charge is 2.30. The second-order valence-electron chi connectivity index (χ2n) is 6.22. The molecule has 2 aromatic rings. The van der Waals surface area contributed by atoms with Gasteiger partial charge in [0.05, 0.1) is 12.1 Å². The van der Waals surface area contributed by atoms with Crippen molar-refractivity contribution < 1.29 is 9.21 Å². The predicted molar refractivity (Wildman–Crippen MR) is 91.3 cm³/mol. The predicted octanol–water partition coefficient (Wildman–Crippen LogP) is 2.98. The van der Waals surface area contributed by atoms with Crippen molar-refractivity contribution in [3.63, 3.8) is 0 Å². The SMILES string of the molecule is Cc1oc(-c2ccsc2)nc1CC(=O)N1CCCCC1C(C)N. The molecule has 2 N–H and O–H groups in total. The number of piperidine rings is 1. The molecule has 0 aliphatic carbocycles. The van der Waals surface area contributed by atoms with Crippen LogP contribution in [0.3, 0.4) is 0 Å². The third kappa shape index (κ3) is 3.48. The number of aryl methyl sites for hydroxylation is 1. The summed E-state index contributed by atoms with van der Waals surface area (Å²) in [5, 5.41) is 3.98. The smallest absolute Gasteiger partial charge is 0.229 e. The third-order valence-corrected chi connectivity index (χ3v) is 5.14. The van der Waals surface area contributed by atoms with Gasteiger partial charge in [0.2, 0.25) is 11.8 Å². The van der Waals surface area contributed by atoms with Crippen LogP contribution in [0, 0.1) is 6.92 Å². The van der Waals surface area contributed by atoms with Gasteiger partial charge in [-0.05, 0) is 44.6 Å². The molecule has 1 saturated heterocycles. The van der Waals surface area contributed by atoms with Crippen LogP contribution >= 0.6 is 11.3 Å². The summed E-state index contributed by atoms with van der Waals surface area (Å²) < 4.78 is 5.72. The van der Waals surface area contributed by atoms with Gasteiger partial charge in [0.15, 0.2) is 0 Å². The molecule has 0 radical (unpaired) electrons. The minimum Gasteiger partial charge on any atom is -0.441 e. The van der Waals surface area contributed by atoms with E-state index in [1.807, 2.05) is 35.6 Å². The average molecular weight is 333 g/mol. The number of aromatic nitrogens is 1. The molecule has 1 aliphatic rings. The van der Waals surface area contributed by atoms with Gasteiger partial charge in [0.25, 0.3) is 0 Å². The first-order valence-corrected chi connectivity index (χ1v) is 9.04. The molecule has 6 heteroatoms. The van der Waals surface area contributed by atoms with Crippen LogP contribution in [0.15, 0.2) is 21.2 Å². The van der Waals surface area contributed by atoms with Crippen molar-refractivity contribution in [1.82, 2.24) is 9.88 Å². The van der Waals surface area contributed by atoms with E-state index in [4.69, 9.17) is 10.2 Å². The summed E-state index contributed by atoms with van der Waals surface area (Å²) >= 11 is 1.60. The normalized spacial score (nSPS) is 19.8. The summed E-state index contributed by atoms with van der Waals surface area (Å²) in [5.41, 5.74) is 7.75. The molecule has 5 nitrogen and oxygen atoms in total. The number of oxazole rings is 1. The third-order valence-electron chi connectivity index (χ3n) is 4.46. The quantitative estimate of drug-likeness (QED) is 0.933. The Hall–Kier alpha value is -1.66. The molecule has 3 rings (SSSR count). The monoisotopic (exact) mass is 333 g/mol. The van der Waals surface area contributed by atoms with Crippen molar-refractivity contribution in [1.29, 1.82) is 0 Å². The maximum Gasteiger partial charge on any atom is 0.229 e. The molecule has 23 heavy (non-hydrogen) atoms. The molecule has 0 bridgehead atoms. The van der Waals surface area contributed by atoms with E-state index in [0.29, 0.717) is 11.7 Å². The van der Waals surface area contributed by atoms with Crippen LogP contribution in [0.25, 0.3) is 11.5 Å². The zero-order valence-electron chi connectivity index (χ0n) is 13.6. The number of nitrogens with zero attached hydrogens (tertiary/aromatic N) is 2. The van der Waals surface area contributed by atoms with Crippen LogP contribution in [0.4, 0.5) is 0 Å². The fourth-order valence-electron chi connectivity index (χ4n) is 3.16. The Morgan fingerprint density at radius 3 is 3.09 bits per heavy atom. The molecular weight excluding hydrogens is 310 g/mol. The topological polar surface area (TPSA) is 72.4 Å². The maximum atomic E-state index is 12.7. The molecule has 1 fully saturated rings. The van der Waals surface area contributed by atoms with E-state index in [1.165, 1.54) is 0 Å². The van der Waals surface area contributed by atoms with Gasteiger partial charge in [-0.2, -0.15) is 11.3 Å². The Kier molecular flexibility index (Phi) is 4.82. The number of hydrogen-bond acceptors (Lipinski definition) is 5. The summed E-state index contributed by atoms with van der Waals surface area (Å²) in [6.45, 7) is 4.64. The fraction of sp³-hybridized carbons (Fsp3) is 0.529. The second kappa shape index (κ2) is 6.84. The lowest BCUT2D eigenvalue weighted by Crippen LogP contribution is -2.52. The molecule has 1 amide bonds. The van der Waals surface area contributed by atoms with Gasteiger partial charge in [-0.25, -0.2) is 4.98 Å². The molecule has 0 aromatic carbocycles. The van der Waals surface area contributed by atoms with E-state index < -0.39 is 0 Å². The van der Waals surface area contributed by atoms with Gasteiger partial charge >= 0.3 is 0 Å². The van der Waals surface area contributed by atoms with Crippen LogP contribution in [0.2, 0.25) is 0 Å². The number of carbonyl (C=O) groups is 1. The highest BCUT2D eigenvalue weighted by atomic mass is 32.1. The van der Waals surface area contributed by atoms with Crippen molar-refractivity contribution in [2.24, 2.45) is 5.73 Å². The Bertz CT molecular complexity index is 663. The standard InChI is InChI=1S/C17H23N3O2S/c1-11(18)15-5-3-4-7-20(15)16(21)9-14-12(2)22-17(19-14)13-6-8-23-10-13/h6,8,10-11,15H,3-5,7,9,18H2,1-2H3. The van der Waals surface area contributed by atoms with E-state index in [0.717, 1.165) is 37.1 Å². The van der Waals surface area contributed by atoms with Gasteiger partial charge in [-0.1, -0.05) is 0 Å². The van der Waals surface area contributed by atoms with Crippen molar-refractivity contribution in [2.45, 2.75) is 51.6 Å². The Balaban J connectivity index is 1.75. The van der Waals surface area contributed by atoms with Gasteiger partial charge in [-0.15, -0.1) is 0 Å². The zero-order valence-corrected chi connectivity index (χ0v) is 14.4. The number of amides is 1. The highest BCUT2D eigenvalue weighted by Crippen LogP contribution is 2.25. The largest absolute Gasteiger partial charge is 0.441 e. The van der Waals surface area contributed by atoms with E-state index >= 15 is 0 Å². The minimum atomic E-state index is -0.000904. The number of nitrogens with two attached hydrogens (primary N) is 1. The fourth-order valence-corrected chi connectivity index (χ4v) is 3.79. The summed E-state index contributed by atoms with van der Waals surface area (Å²) in [6.07, 6.45) is 3.46. The summed E-state index contributed by atoms with van der Waals surface area (Å²) in [4.78, 5) is 19.2. The average Bonchev–Trinajstić information content (AvgIpc) is 3.17. The van der Waals surface area contributed by atoms with E-state index in [1.54, 1.807) is 11.3 Å². The minimum absolute atomic E-state index is 0.000904. The molecule has 124 valence electrons. The number of rotatable bonds is 4. The van der Waals surface area contributed by atoms with Crippen LogP contribution in [-0.4, -0.2) is 34.4 Å².